The fourth-order valence-electron chi connectivity index (χ4n) is 7.77. The van der Waals surface area contributed by atoms with Crippen molar-refractivity contribution in [1.82, 2.24) is 14.7 Å². The number of benzene rings is 2. The number of nitrogens with zero attached hydrogens (tertiary/aromatic N) is 3. The molecule has 3 unspecified atom stereocenters. The van der Waals surface area contributed by atoms with Crippen LogP contribution in [0.2, 0.25) is 0 Å². The van der Waals surface area contributed by atoms with E-state index in [-0.39, 0.29) is 66.3 Å². The van der Waals surface area contributed by atoms with Gasteiger partial charge in [0.05, 0.1) is 0 Å². The minimum Gasteiger partial charge on any atom is -0.461 e. The highest BCUT2D eigenvalue weighted by atomic mass is 16.6. The third-order valence-corrected chi connectivity index (χ3v) is 10.1. The zero-order valence-corrected chi connectivity index (χ0v) is 37.2. The van der Waals surface area contributed by atoms with Gasteiger partial charge in [-0.25, -0.2) is 0 Å². The minimum atomic E-state index is -0.693. The molecule has 0 spiro atoms. The van der Waals surface area contributed by atoms with Gasteiger partial charge in [-0.2, -0.15) is 0 Å². The number of hydrogen-bond acceptors (Lipinski definition) is 9. The van der Waals surface area contributed by atoms with E-state index in [1.807, 2.05) is 81.4 Å². The highest BCUT2D eigenvalue weighted by Gasteiger charge is 2.46. The van der Waals surface area contributed by atoms with Crippen LogP contribution in [-0.2, 0) is 41.8 Å². The van der Waals surface area contributed by atoms with Gasteiger partial charge in [0, 0.05) is 63.7 Å². The molecule has 0 saturated carbocycles. The quantitative estimate of drug-likeness (QED) is 0.123. The first-order valence-corrected chi connectivity index (χ1v) is 20.7. The lowest BCUT2D eigenvalue weighted by Crippen LogP contribution is -2.63. The van der Waals surface area contributed by atoms with E-state index in [0.29, 0.717) is 32.5 Å². The molecule has 3 rings (SSSR count). The average Bonchev–Trinajstić information content (AvgIpc) is 3.24. The summed E-state index contributed by atoms with van der Waals surface area (Å²) in [6.07, 6.45) is 1.34. The second-order valence-electron chi connectivity index (χ2n) is 20.7. The van der Waals surface area contributed by atoms with Gasteiger partial charge in [-0.05, 0) is 67.9 Å². The van der Waals surface area contributed by atoms with Crippen molar-refractivity contribution in [2.45, 2.75) is 152 Å². The highest BCUT2D eigenvalue weighted by Crippen LogP contribution is 2.36. The van der Waals surface area contributed by atoms with E-state index >= 15 is 0 Å². The number of esters is 3. The van der Waals surface area contributed by atoms with Crippen LogP contribution in [0.15, 0.2) is 60.7 Å². The Labute approximate surface area is 339 Å². The zero-order valence-electron chi connectivity index (χ0n) is 37.2. The summed E-state index contributed by atoms with van der Waals surface area (Å²) in [5.74, 6) is -0.861. The van der Waals surface area contributed by atoms with E-state index in [0.717, 1.165) is 30.8 Å². The van der Waals surface area contributed by atoms with Crippen molar-refractivity contribution in [3.63, 3.8) is 0 Å². The van der Waals surface area contributed by atoms with E-state index in [4.69, 9.17) is 14.2 Å². The van der Waals surface area contributed by atoms with Gasteiger partial charge in [0.15, 0.2) is 0 Å². The Morgan fingerprint density at radius 2 is 1.09 bits per heavy atom. The molecule has 2 aromatic rings. The Bertz CT molecular complexity index is 1500. The monoisotopic (exact) mass is 778 g/mol. The van der Waals surface area contributed by atoms with Gasteiger partial charge in [0.25, 0.3) is 0 Å². The van der Waals surface area contributed by atoms with E-state index in [2.05, 4.69) is 83.9 Å². The van der Waals surface area contributed by atoms with Crippen molar-refractivity contribution >= 4 is 17.9 Å². The number of carbonyl (C=O) groups is 3. The molecular formula is C47H75N3O6. The molecule has 0 amide bonds. The third kappa shape index (κ3) is 16.7. The average molecular weight is 778 g/mol. The second kappa shape index (κ2) is 19.9. The molecule has 0 bridgehead atoms. The van der Waals surface area contributed by atoms with Crippen molar-refractivity contribution in [3.05, 3.63) is 71.8 Å². The minimum absolute atomic E-state index is 0.00917. The first-order valence-electron chi connectivity index (χ1n) is 20.7. The maximum Gasteiger partial charge on any atom is 0.323 e. The molecule has 9 nitrogen and oxygen atoms in total. The summed E-state index contributed by atoms with van der Waals surface area (Å²) < 4.78 is 17.5. The molecular weight excluding hydrogens is 703 g/mol. The Kier molecular flexibility index (Phi) is 16.8. The highest BCUT2D eigenvalue weighted by molar-refractivity contribution is 5.78. The van der Waals surface area contributed by atoms with Crippen LogP contribution in [0, 0.1) is 16.2 Å². The first-order chi connectivity index (χ1) is 25.8. The molecule has 1 fully saturated rings. The van der Waals surface area contributed by atoms with E-state index in [1.165, 1.54) is 0 Å². The van der Waals surface area contributed by atoms with Crippen molar-refractivity contribution in [3.8, 4) is 0 Å². The van der Waals surface area contributed by atoms with E-state index < -0.39 is 17.2 Å². The lowest BCUT2D eigenvalue weighted by Gasteiger charge is -2.51. The van der Waals surface area contributed by atoms with E-state index in [9.17, 15) is 14.4 Å². The second-order valence-corrected chi connectivity index (χ2v) is 20.7. The molecule has 0 aliphatic carbocycles. The predicted molar refractivity (Wildman–Crippen MR) is 226 cm³/mol. The van der Waals surface area contributed by atoms with Gasteiger partial charge in [-0.1, -0.05) is 123 Å². The number of ether oxygens (including phenoxy) is 3. The van der Waals surface area contributed by atoms with Gasteiger partial charge in [0.1, 0.15) is 24.9 Å². The van der Waals surface area contributed by atoms with Gasteiger partial charge in [0.2, 0.25) is 0 Å². The van der Waals surface area contributed by atoms with Gasteiger partial charge in [-0.3, -0.25) is 29.1 Å². The third-order valence-electron chi connectivity index (χ3n) is 10.1. The maximum atomic E-state index is 14.2. The number of carbonyl (C=O) groups excluding carboxylic acids is 3. The van der Waals surface area contributed by atoms with E-state index in [1.54, 1.807) is 0 Å². The molecule has 56 heavy (non-hydrogen) atoms. The Hall–Kier alpha value is -3.27. The van der Waals surface area contributed by atoms with Gasteiger partial charge < -0.3 is 14.2 Å². The molecule has 0 N–H and O–H groups in total. The van der Waals surface area contributed by atoms with Crippen molar-refractivity contribution < 1.29 is 28.6 Å². The summed E-state index contributed by atoms with van der Waals surface area (Å²) in [5, 5.41) is 0. The molecule has 0 aromatic heterocycles. The predicted octanol–water partition coefficient (Wildman–Crippen LogP) is 8.93. The van der Waals surface area contributed by atoms with Gasteiger partial charge >= 0.3 is 17.9 Å². The van der Waals surface area contributed by atoms with Crippen molar-refractivity contribution in [2.24, 2.45) is 16.2 Å². The Morgan fingerprint density at radius 1 is 0.661 bits per heavy atom. The summed E-state index contributed by atoms with van der Waals surface area (Å²) >= 11 is 0. The maximum absolute atomic E-state index is 14.2. The SMILES string of the molecule is CC(C)(C)CN(CC(C)(C)C)C1(C)CN(C(CCC(=O)OCc2ccccc2)C(=O)OC(C)(C)C)CCN(C(CCC(=O)OCc2ccccc2)C(C)(C)C)C1. The Balaban J connectivity index is 1.98. The fourth-order valence-corrected chi connectivity index (χ4v) is 7.77. The van der Waals surface area contributed by atoms with Crippen LogP contribution in [0.4, 0.5) is 0 Å². The summed E-state index contributed by atoms with van der Waals surface area (Å²) in [5.41, 5.74) is 0.664. The van der Waals surface area contributed by atoms with Crippen molar-refractivity contribution in [2.75, 3.05) is 39.3 Å². The van der Waals surface area contributed by atoms with Crippen LogP contribution in [-0.4, -0.2) is 95.1 Å². The largest absolute Gasteiger partial charge is 0.461 e. The summed E-state index contributed by atoms with van der Waals surface area (Å²) in [7, 11) is 0. The molecule has 1 heterocycles. The normalized spacial score (nSPS) is 18.9. The van der Waals surface area contributed by atoms with Crippen LogP contribution in [0.3, 0.4) is 0 Å². The van der Waals surface area contributed by atoms with Gasteiger partial charge in [-0.15, -0.1) is 0 Å². The zero-order chi connectivity index (χ0) is 42.0. The summed E-state index contributed by atoms with van der Waals surface area (Å²) in [6, 6.07) is 18.8. The number of hydrogen-bond donors (Lipinski definition) is 0. The molecule has 1 aliphatic heterocycles. The first kappa shape index (κ1) is 47.1. The fraction of sp³-hybridized carbons (Fsp3) is 0.681. The molecule has 1 saturated heterocycles. The van der Waals surface area contributed by atoms with Crippen molar-refractivity contribution in [1.29, 1.82) is 0 Å². The summed E-state index contributed by atoms with van der Waals surface area (Å²) in [4.78, 5) is 48.1. The lowest BCUT2D eigenvalue weighted by atomic mass is 9.81. The van der Waals surface area contributed by atoms with Crippen LogP contribution < -0.4 is 0 Å². The molecule has 9 heteroatoms. The van der Waals surface area contributed by atoms with Crippen LogP contribution >= 0.6 is 0 Å². The number of rotatable bonds is 16. The molecule has 2 aromatic carbocycles. The van der Waals surface area contributed by atoms with Crippen LogP contribution in [0.1, 0.15) is 127 Å². The smallest absolute Gasteiger partial charge is 0.323 e. The standard InChI is InChI=1S/C47H75N3O6/c1-43(2,3)32-50(33-44(4,5)6)47(13)34-48(38(42(53)56-46(10,11)12)24-26-40(51)54-30-36-20-16-14-17-21-36)28-29-49(35-47)39(45(7,8)9)25-27-41(52)55-31-37-22-18-15-19-23-37/h14-23,38-39H,24-35H2,1-13H3. The molecule has 314 valence electrons. The summed E-state index contributed by atoms with van der Waals surface area (Å²) in [6.45, 7) is 33.2. The molecule has 3 atom stereocenters. The van der Waals surface area contributed by atoms with Crippen LogP contribution in [0.25, 0.3) is 0 Å². The molecule has 1 aliphatic rings. The lowest BCUT2D eigenvalue weighted by molar-refractivity contribution is -0.163. The van der Waals surface area contributed by atoms with Crippen LogP contribution in [0.5, 0.6) is 0 Å². The Morgan fingerprint density at radius 3 is 1.52 bits per heavy atom. The topological polar surface area (TPSA) is 88.6 Å². The molecule has 0 radical (unpaired) electrons.